The van der Waals surface area contributed by atoms with E-state index in [1.807, 2.05) is 0 Å². The highest BCUT2D eigenvalue weighted by molar-refractivity contribution is 5.75. The van der Waals surface area contributed by atoms with E-state index in [0.29, 0.717) is 12.5 Å². The Morgan fingerprint density at radius 2 is 1.92 bits per heavy atom. The monoisotopic (exact) mass is 497 g/mol. The van der Waals surface area contributed by atoms with Crippen LogP contribution in [0.2, 0.25) is 0 Å². The van der Waals surface area contributed by atoms with Crippen LogP contribution in [0.3, 0.4) is 0 Å². The van der Waals surface area contributed by atoms with Gasteiger partial charge in [-0.1, -0.05) is 49.4 Å². The van der Waals surface area contributed by atoms with Crippen molar-refractivity contribution in [2.24, 2.45) is 0 Å². The van der Waals surface area contributed by atoms with Crippen molar-refractivity contribution in [1.82, 2.24) is 20.2 Å². The van der Waals surface area contributed by atoms with Gasteiger partial charge in [0.05, 0.1) is 0 Å². The SMILES string of the molecule is CCC1CCc2ncnc(N3CC4(CCN(Cc5ccccc5)CC4)c4c(CNC(=O)O)cccc43)c21. The molecule has 7 nitrogen and oxygen atoms in total. The van der Waals surface area contributed by atoms with Crippen LogP contribution in [-0.2, 0) is 24.9 Å². The van der Waals surface area contributed by atoms with E-state index in [0.717, 1.165) is 69.7 Å². The van der Waals surface area contributed by atoms with Crippen LogP contribution in [0.4, 0.5) is 16.3 Å². The molecule has 1 aliphatic carbocycles. The van der Waals surface area contributed by atoms with Crippen LogP contribution in [-0.4, -0.2) is 45.7 Å². The second-order valence-corrected chi connectivity index (χ2v) is 10.8. The molecular formula is C30H35N5O2. The highest BCUT2D eigenvalue weighted by atomic mass is 16.4. The van der Waals surface area contributed by atoms with Gasteiger partial charge in [-0.15, -0.1) is 0 Å². The highest BCUT2D eigenvalue weighted by Crippen LogP contribution is 2.53. The molecule has 2 aromatic carbocycles. The first-order chi connectivity index (χ1) is 18.1. The van der Waals surface area contributed by atoms with Gasteiger partial charge in [-0.25, -0.2) is 14.8 Å². The Bertz CT molecular complexity index is 1290. The van der Waals surface area contributed by atoms with Crippen molar-refractivity contribution in [2.75, 3.05) is 24.5 Å². The second kappa shape index (κ2) is 9.78. The van der Waals surface area contributed by atoms with E-state index < -0.39 is 6.09 Å². The number of hydrogen-bond acceptors (Lipinski definition) is 5. The number of fused-ring (bicyclic) bond motifs is 3. The second-order valence-electron chi connectivity index (χ2n) is 10.8. The lowest BCUT2D eigenvalue weighted by Crippen LogP contribution is -2.45. The quantitative estimate of drug-likeness (QED) is 0.477. The number of piperidine rings is 1. The molecule has 1 aromatic heterocycles. The van der Waals surface area contributed by atoms with E-state index >= 15 is 0 Å². The Balaban J connectivity index is 1.36. The maximum Gasteiger partial charge on any atom is 0.404 e. The van der Waals surface area contributed by atoms with Crippen molar-refractivity contribution in [3.63, 3.8) is 0 Å². The molecule has 3 aliphatic rings. The van der Waals surface area contributed by atoms with E-state index in [4.69, 9.17) is 4.98 Å². The van der Waals surface area contributed by atoms with Crippen LogP contribution in [0.1, 0.15) is 66.5 Å². The summed E-state index contributed by atoms with van der Waals surface area (Å²) in [7, 11) is 0. The molecule has 7 heteroatoms. The van der Waals surface area contributed by atoms with Crippen LogP contribution < -0.4 is 10.2 Å². The summed E-state index contributed by atoms with van der Waals surface area (Å²) < 4.78 is 0. The zero-order valence-corrected chi connectivity index (χ0v) is 21.5. The van der Waals surface area contributed by atoms with Gasteiger partial charge in [0.2, 0.25) is 0 Å². The zero-order valence-electron chi connectivity index (χ0n) is 21.5. The average molecular weight is 498 g/mol. The van der Waals surface area contributed by atoms with Crippen LogP contribution in [0, 0.1) is 0 Å². The van der Waals surface area contributed by atoms with Crippen LogP contribution in [0.25, 0.3) is 0 Å². The van der Waals surface area contributed by atoms with Crippen molar-refractivity contribution in [3.05, 3.63) is 82.8 Å². The lowest BCUT2D eigenvalue weighted by molar-refractivity contribution is 0.160. The number of carboxylic acid groups (broad SMARTS) is 1. The summed E-state index contributed by atoms with van der Waals surface area (Å²) in [5.74, 6) is 1.55. The van der Waals surface area contributed by atoms with Gasteiger partial charge < -0.3 is 15.3 Å². The number of nitrogens with zero attached hydrogens (tertiary/aromatic N) is 4. The molecule has 0 radical (unpaired) electrons. The van der Waals surface area contributed by atoms with E-state index in [1.54, 1.807) is 6.33 Å². The predicted molar refractivity (Wildman–Crippen MR) is 144 cm³/mol. The minimum atomic E-state index is -0.987. The molecule has 3 heterocycles. The van der Waals surface area contributed by atoms with Gasteiger partial charge in [-0.05, 0) is 73.9 Å². The van der Waals surface area contributed by atoms with Crippen LogP contribution in [0.5, 0.6) is 0 Å². The number of amides is 1. The Labute approximate surface area is 218 Å². The minimum absolute atomic E-state index is 0.0303. The average Bonchev–Trinajstić information content (AvgIpc) is 3.49. The molecule has 2 aliphatic heterocycles. The standard InChI is InChI=1S/C30H35N5O2/c1-2-22-11-12-24-26(22)28(33-20-32-24)35-19-30(27-23(17-31-29(36)37)9-6-10-25(27)35)13-15-34(16-14-30)18-21-7-4-3-5-8-21/h3-10,20,22,31H,2,11-19H2,1H3,(H,36,37). The number of rotatable bonds is 6. The van der Waals surface area contributed by atoms with Gasteiger partial charge in [-0.2, -0.15) is 0 Å². The number of benzene rings is 2. The summed E-state index contributed by atoms with van der Waals surface area (Å²) in [6, 6.07) is 17.0. The van der Waals surface area contributed by atoms with Crippen molar-refractivity contribution in [2.45, 2.75) is 63.5 Å². The number of carbonyl (C=O) groups is 1. The third-order valence-electron chi connectivity index (χ3n) is 8.73. The van der Waals surface area contributed by atoms with E-state index in [-0.39, 0.29) is 5.41 Å². The molecule has 2 N–H and O–H groups in total. The Kier molecular flexibility index (Phi) is 6.32. The van der Waals surface area contributed by atoms with Crippen molar-refractivity contribution >= 4 is 17.6 Å². The Morgan fingerprint density at radius 3 is 2.68 bits per heavy atom. The van der Waals surface area contributed by atoms with E-state index in [2.05, 4.69) is 75.6 Å². The first kappa shape index (κ1) is 23.9. The van der Waals surface area contributed by atoms with Gasteiger partial charge in [0.25, 0.3) is 0 Å². The smallest absolute Gasteiger partial charge is 0.404 e. The van der Waals surface area contributed by atoms with Crippen molar-refractivity contribution in [1.29, 1.82) is 0 Å². The lowest BCUT2D eigenvalue weighted by atomic mass is 9.72. The highest BCUT2D eigenvalue weighted by Gasteiger charge is 2.47. The summed E-state index contributed by atoms with van der Waals surface area (Å²) >= 11 is 0. The molecule has 1 fully saturated rings. The predicted octanol–water partition coefficient (Wildman–Crippen LogP) is 5.37. The number of aryl methyl sites for hydroxylation is 1. The summed E-state index contributed by atoms with van der Waals surface area (Å²) in [5.41, 5.74) is 7.41. The molecule has 192 valence electrons. The van der Waals surface area contributed by atoms with Crippen molar-refractivity contribution < 1.29 is 9.90 Å². The molecule has 6 rings (SSSR count). The minimum Gasteiger partial charge on any atom is -0.465 e. The summed E-state index contributed by atoms with van der Waals surface area (Å²) in [6.45, 7) is 6.46. The maximum atomic E-state index is 11.4. The Hall–Kier alpha value is -3.45. The fourth-order valence-electron chi connectivity index (χ4n) is 6.90. The number of likely N-dealkylation sites (tertiary alicyclic amines) is 1. The molecule has 3 aromatic rings. The van der Waals surface area contributed by atoms with E-state index in [1.165, 1.54) is 28.1 Å². The van der Waals surface area contributed by atoms with E-state index in [9.17, 15) is 9.90 Å². The molecule has 1 spiro atoms. The number of aromatic nitrogens is 2. The fourth-order valence-corrected chi connectivity index (χ4v) is 6.90. The first-order valence-electron chi connectivity index (χ1n) is 13.5. The maximum absolute atomic E-state index is 11.4. The molecule has 1 amide bonds. The molecule has 0 saturated carbocycles. The topological polar surface area (TPSA) is 81.6 Å². The van der Waals surface area contributed by atoms with Gasteiger partial charge in [0.1, 0.15) is 12.1 Å². The molecule has 37 heavy (non-hydrogen) atoms. The number of nitrogens with one attached hydrogen (secondary N) is 1. The third kappa shape index (κ3) is 4.35. The van der Waals surface area contributed by atoms with Crippen LogP contribution in [0.15, 0.2) is 54.9 Å². The van der Waals surface area contributed by atoms with Gasteiger partial charge in [0, 0.05) is 42.0 Å². The largest absolute Gasteiger partial charge is 0.465 e. The number of anilines is 2. The normalized spacial score (nSPS) is 20.1. The zero-order chi connectivity index (χ0) is 25.4. The van der Waals surface area contributed by atoms with Gasteiger partial charge in [0.15, 0.2) is 0 Å². The van der Waals surface area contributed by atoms with Gasteiger partial charge >= 0.3 is 6.09 Å². The Morgan fingerprint density at radius 1 is 1.11 bits per heavy atom. The van der Waals surface area contributed by atoms with Crippen LogP contribution >= 0.6 is 0 Å². The van der Waals surface area contributed by atoms with Gasteiger partial charge in [-0.3, -0.25) is 4.90 Å². The number of hydrogen-bond donors (Lipinski definition) is 2. The summed E-state index contributed by atoms with van der Waals surface area (Å²) in [5, 5.41) is 12.0. The lowest BCUT2D eigenvalue weighted by Gasteiger charge is -2.40. The summed E-state index contributed by atoms with van der Waals surface area (Å²) in [4.78, 5) is 25.9. The fraction of sp³-hybridized carbons (Fsp3) is 0.433. The van der Waals surface area contributed by atoms with Crippen molar-refractivity contribution in [3.8, 4) is 0 Å². The first-order valence-corrected chi connectivity index (χ1v) is 13.5. The summed E-state index contributed by atoms with van der Waals surface area (Å²) in [6.07, 6.45) is 6.08. The molecule has 1 saturated heterocycles. The molecule has 0 bridgehead atoms. The molecule has 1 atom stereocenters. The third-order valence-corrected chi connectivity index (χ3v) is 8.73. The molecular weight excluding hydrogens is 462 g/mol. The molecule has 1 unspecified atom stereocenters.